The smallest absolute Gasteiger partial charge is 0.194 e. The van der Waals surface area contributed by atoms with Gasteiger partial charge in [-0.15, -0.1) is 0 Å². The monoisotopic (exact) mass is 376 g/mol. The van der Waals surface area contributed by atoms with E-state index in [-0.39, 0.29) is 11.6 Å². The Balaban J connectivity index is 1.89. The van der Waals surface area contributed by atoms with Gasteiger partial charge >= 0.3 is 0 Å². The largest absolute Gasteiger partial charge is 0.382 e. The van der Waals surface area contributed by atoms with Gasteiger partial charge in [-0.25, -0.2) is 0 Å². The Morgan fingerprint density at radius 2 is 1.11 bits per heavy atom. The maximum absolute atomic E-state index is 13.0. The Bertz CT molecular complexity index is 873. The Morgan fingerprint density at radius 1 is 0.714 bits per heavy atom. The molecule has 3 aliphatic carbocycles. The third kappa shape index (κ3) is 4.17. The number of carbonyl (C=O) groups is 2. The number of carbonyl (C=O) groups excluding carboxylic acids is 2. The van der Waals surface area contributed by atoms with Crippen molar-refractivity contribution in [2.45, 2.75) is 12.8 Å². The first-order valence-corrected chi connectivity index (χ1v) is 9.10. The number of Topliss-reactive ketones (excluding diaryl/α,β-unsaturated/α-hetero) is 2. The average molecular weight is 376 g/mol. The molecular formula is C22H24N4O2. The Morgan fingerprint density at radius 3 is 1.46 bits per heavy atom. The molecule has 1 saturated carbocycles. The molecule has 0 saturated heterocycles. The first-order chi connectivity index (χ1) is 13.4. The highest BCUT2D eigenvalue weighted by molar-refractivity contribution is 6.37. The topological polar surface area (TPSA) is 65.3 Å². The van der Waals surface area contributed by atoms with Crippen molar-refractivity contribution in [3.8, 4) is 0 Å². The molecule has 6 heteroatoms. The summed E-state index contributed by atoms with van der Waals surface area (Å²) in [6, 6.07) is 0. The lowest BCUT2D eigenvalue weighted by Crippen LogP contribution is -2.29. The number of fused-ring (bicyclic) bond motifs is 2. The van der Waals surface area contributed by atoms with E-state index in [9.17, 15) is 9.59 Å². The average Bonchev–Trinajstić information content (AvgIpc) is 2.65. The maximum atomic E-state index is 13.0. The van der Waals surface area contributed by atoms with Crippen LogP contribution in [-0.2, 0) is 9.59 Å². The molecule has 0 aromatic carbocycles. The second-order valence-electron chi connectivity index (χ2n) is 7.18. The second-order valence-corrected chi connectivity index (χ2v) is 7.18. The molecule has 0 N–H and O–H groups in total. The van der Waals surface area contributed by atoms with Crippen LogP contribution in [0.3, 0.4) is 0 Å². The zero-order chi connectivity index (χ0) is 20.3. The lowest BCUT2D eigenvalue weighted by atomic mass is 9.75. The van der Waals surface area contributed by atoms with E-state index in [2.05, 4.69) is 9.98 Å². The highest BCUT2D eigenvalue weighted by Gasteiger charge is 2.37. The van der Waals surface area contributed by atoms with Crippen LogP contribution >= 0.6 is 0 Å². The number of allylic oxidation sites excluding steroid dienone is 8. The van der Waals surface area contributed by atoms with Crippen molar-refractivity contribution < 1.29 is 9.59 Å². The zero-order valence-electron chi connectivity index (χ0n) is 16.6. The fourth-order valence-corrected chi connectivity index (χ4v) is 3.04. The molecule has 0 aromatic heterocycles. The molecule has 0 radical (unpaired) electrons. The van der Waals surface area contributed by atoms with Gasteiger partial charge in [-0.2, -0.15) is 0 Å². The summed E-state index contributed by atoms with van der Waals surface area (Å²) < 4.78 is 0. The summed E-state index contributed by atoms with van der Waals surface area (Å²) in [5, 5.41) is 0. The number of rotatable bonds is 4. The van der Waals surface area contributed by atoms with Crippen molar-refractivity contribution in [2.24, 2.45) is 9.98 Å². The molecular weight excluding hydrogens is 352 g/mol. The highest BCUT2D eigenvalue weighted by atomic mass is 16.1. The molecule has 1 fully saturated rings. The van der Waals surface area contributed by atoms with Crippen LogP contribution in [0.4, 0.5) is 0 Å². The van der Waals surface area contributed by atoms with Crippen LogP contribution in [0.1, 0.15) is 12.8 Å². The van der Waals surface area contributed by atoms with Crippen molar-refractivity contribution in [2.75, 3.05) is 28.2 Å². The Kier molecular flexibility index (Phi) is 5.68. The van der Waals surface area contributed by atoms with Gasteiger partial charge in [0.25, 0.3) is 0 Å². The van der Waals surface area contributed by atoms with E-state index in [0.717, 1.165) is 11.4 Å². The van der Waals surface area contributed by atoms with Gasteiger partial charge in [0.2, 0.25) is 0 Å². The van der Waals surface area contributed by atoms with Crippen molar-refractivity contribution >= 4 is 23.0 Å². The van der Waals surface area contributed by atoms with Gasteiger partial charge in [-0.1, -0.05) is 12.2 Å². The third-order valence-electron chi connectivity index (χ3n) is 4.42. The van der Waals surface area contributed by atoms with Crippen LogP contribution in [-0.4, -0.2) is 61.0 Å². The first-order valence-electron chi connectivity index (χ1n) is 9.10. The minimum Gasteiger partial charge on any atom is -0.382 e. The van der Waals surface area contributed by atoms with Crippen LogP contribution in [0.5, 0.6) is 0 Å². The van der Waals surface area contributed by atoms with E-state index in [1.165, 1.54) is 0 Å². The quantitative estimate of drug-likeness (QED) is 0.757. The van der Waals surface area contributed by atoms with Gasteiger partial charge in [0.05, 0.1) is 0 Å². The summed E-state index contributed by atoms with van der Waals surface area (Å²) in [6.45, 7) is 0. The van der Waals surface area contributed by atoms with E-state index in [1.807, 2.05) is 50.4 Å². The van der Waals surface area contributed by atoms with Crippen LogP contribution in [0.2, 0.25) is 0 Å². The van der Waals surface area contributed by atoms with Gasteiger partial charge in [0.1, 0.15) is 0 Å². The summed E-state index contributed by atoms with van der Waals surface area (Å²) in [6.07, 6.45) is 15.1. The minimum atomic E-state index is -0.121. The predicted molar refractivity (Wildman–Crippen MR) is 112 cm³/mol. The number of hydrogen-bond acceptors (Lipinski definition) is 6. The SMILES string of the molecule is CN(C)C=CN=C1C=C2C(=O)C3=CCC(=NC=CN(C)C)C=C3C(=O)C2=CC1. The van der Waals surface area contributed by atoms with Gasteiger partial charge in [0, 0.05) is 99.5 Å². The molecule has 0 aliphatic heterocycles. The van der Waals surface area contributed by atoms with E-state index in [0.29, 0.717) is 35.1 Å². The maximum Gasteiger partial charge on any atom is 0.194 e. The van der Waals surface area contributed by atoms with Gasteiger partial charge in [-0.05, 0) is 12.2 Å². The Hall–Kier alpha value is -3.28. The number of ketones is 2. The fraction of sp³-hybridized carbons (Fsp3) is 0.273. The van der Waals surface area contributed by atoms with Crippen molar-refractivity contribution in [1.82, 2.24) is 9.80 Å². The normalized spacial score (nSPS) is 22.1. The summed E-state index contributed by atoms with van der Waals surface area (Å²) >= 11 is 0. The molecule has 0 unspecified atom stereocenters. The summed E-state index contributed by atoms with van der Waals surface area (Å²) in [5.41, 5.74) is 3.33. The lowest BCUT2D eigenvalue weighted by molar-refractivity contribution is -0.117. The molecule has 144 valence electrons. The van der Waals surface area contributed by atoms with Gasteiger partial charge in [0.15, 0.2) is 11.6 Å². The molecule has 0 spiro atoms. The van der Waals surface area contributed by atoms with Crippen molar-refractivity contribution in [3.63, 3.8) is 0 Å². The predicted octanol–water partition coefficient (Wildman–Crippen LogP) is 2.60. The number of hydrogen-bond donors (Lipinski definition) is 0. The fourth-order valence-electron chi connectivity index (χ4n) is 3.04. The zero-order valence-corrected chi connectivity index (χ0v) is 16.6. The Labute approximate surface area is 165 Å². The highest BCUT2D eigenvalue weighted by Crippen LogP contribution is 2.35. The summed E-state index contributed by atoms with van der Waals surface area (Å²) in [7, 11) is 7.65. The van der Waals surface area contributed by atoms with Crippen LogP contribution in [0.15, 0.2) is 81.4 Å². The third-order valence-corrected chi connectivity index (χ3v) is 4.42. The lowest BCUT2D eigenvalue weighted by Gasteiger charge is -2.26. The molecule has 3 aliphatic rings. The second kappa shape index (κ2) is 8.17. The minimum absolute atomic E-state index is 0.121. The molecule has 28 heavy (non-hydrogen) atoms. The molecule has 0 bridgehead atoms. The molecule has 0 aromatic rings. The van der Waals surface area contributed by atoms with Crippen molar-refractivity contribution in [3.05, 3.63) is 71.4 Å². The molecule has 0 atom stereocenters. The van der Waals surface area contributed by atoms with E-state index >= 15 is 0 Å². The molecule has 3 rings (SSSR count). The number of aliphatic imine (C=N–C) groups is 2. The first kappa shape index (κ1) is 19.5. The van der Waals surface area contributed by atoms with Crippen LogP contribution < -0.4 is 0 Å². The van der Waals surface area contributed by atoms with Crippen molar-refractivity contribution in [1.29, 1.82) is 0 Å². The van der Waals surface area contributed by atoms with E-state index in [4.69, 9.17) is 0 Å². The molecule has 0 amide bonds. The summed E-state index contributed by atoms with van der Waals surface area (Å²) in [4.78, 5) is 38.5. The molecule has 0 heterocycles. The number of nitrogens with zero attached hydrogens (tertiary/aromatic N) is 4. The van der Waals surface area contributed by atoms with Crippen LogP contribution in [0.25, 0.3) is 0 Å². The van der Waals surface area contributed by atoms with Gasteiger partial charge in [-0.3, -0.25) is 19.6 Å². The van der Waals surface area contributed by atoms with Crippen LogP contribution in [0, 0.1) is 0 Å². The van der Waals surface area contributed by atoms with E-state index < -0.39 is 0 Å². The van der Waals surface area contributed by atoms with E-state index in [1.54, 1.807) is 36.7 Å². The van der Waals surface area contributed by atoms with Gasteiger partial charge < -0.3 is 9.80 Å². The molecule has 6 nitrogen and oxygen atoms in total. The summed E-state index contributed by atoms with van der Waals surface area (Å²) in [5.74, 6) is -0.243. The standard InChI is InChI=1S/C22H24N4O2/c1-25(2)11-9-23-15-5-7-17-19(13-15)21(27)18-8-6-16(14-20(18)22(17)28)24-10-12-26(3)4/h7-14H,5-6H2,1-4H3.